The first-order valence-electron chi connectivity index (χ1n) is 9.30. The van der Waals surface area contributed by atoms with E-state index >= 15 is 0 Å². The summed E-state index contributed by atoms with van der Waals surface area (Å²) >= 11 is 0. The Balaban J connectivity index is 1.72. The lowest BCUT2D eigenvalue weighted by molar-refractivity contribution is -0.117. The van der Waals surface area contributed by atoms with Gasteiger partial charge in [-0.25, -0.2) is 0 Å². The first-order chi connectivity index (χ1) is 12.5. The summed E-state index contributed by atoms with van der Waals surface area (Å²) in [5, 5.41) is 1.16. The van der Waals surface area contributed by atoms with Crippen LogP contribution in [0.2, 0.25) is 0 Å². The molecule has 138 valence electrons. The smallest absolute Gasteiger partial charge is 0.227 e. The van der Waals surface area contributed by atoms with Crippen LogP contribution in [0.15, 0.2) is 48.5 Å². The third kappa shape index (κ3) is 4.34. The number of anilines is 1. The molecule has 0 aliphatic carbocycles. The highest BCUT2D eigenvalue weighted by molar-refractivity contribution is 7.27. The average Bonchev–Trinajstić information content (AvgIpc) is 2.88. The minimum atomic E-state index is 0.0871. The van der Waals surface area contributed by atoms with Gasteiger partial charge < -0.3 is 9.64 Å². The highest BCUT2D eigenvalue weighted by Crippen LogP contribution is 2.32. The van der Waals surface area contributed by atoms with E-state index in [0.29, 0.717) is 31.5 Å². The minimum Gasteiger partial charge on any atom is -0.375 e. The Morgan fingerprint density at radius 3 is 2.69 bits per heavy atom. The van der Waals surface area contributed by atoms with Crippen molar-refractivity contribution in [2.24, 2.45) is 5.92 Å². The number of hydrogen-bond acceptors (Lipinski definition) is 2. The summed E-state index contributed by atoms with van der Waals surface area (Å²) in [5.74, 6) is 0.927. The van der Waals surface area contributed by atoms with Crippen molar-refractivity contribution in [1.29, 1.82) is 0 Å². The van der Waals surface area contributed by atoms with Crippen LogP contribution in [0.4, 0.5) is 5.69 Å². The van der Waals surface area contributed by atoms with Gasteiger partial charge in [0.05, 0.1) is 19.3 Å². The molecule has 4 heteroatoms. The molecule has 3 nitrogen and oxygen atoms in total. The van der Waals surface area contributed by atoms with Crippen molar-refractivity contribution in [2.75, 3.05) is 11.5 Å². The van der Waals surface area contributed by atoms with Gasteiger partial charge in [0.2, 0.25) is 5.91 Å². The van der Waals surface area contributed by atoms with Crippen LogP contribution in [-0.2, 0) is 16.1 Å². The van der Waals surface area contributed by atoms with Crippen LogP contribution in [0.5, 0.6) is 0 Å². The summed E-state index contributed by atoms with van der Waals surface area (Å²) in [6, 6.07) is 16.7. The van der Waals surface area contributed by atoms with Gasteiger partial charge in [-0.15, -0.1) is 9.24 Å². The standard InChI is InChI=1S/C22H28NO2P/c1-15(2)18-7-5-8-19(12-18)23-21(16(3)10-22(23)24)14-25-13-17-6-4-9-20(26)11-17/h4-9,11-12,15-16,21H,10,13-14,26H2,1-3H3. The van der Waals surface area contributed by atoms with E-state index in [-0.39, 0.29) is 11.9 Å². The number of amides is 1. The summed E-state index contributed by atoms with van der Waals surface area (Å²) in [4.78, 5) is 14.6. The number of hydrogen-bond donors (Lipinski definition) is 0. The lowest BCUT2D eigenvalue weighted by atomic mass is 10.0. The van der Waals surface area contributed by atoms with Crippen LogP contribution in [0.1, 0.15) is 44.2 Å². The van der Waals surface area contributed by atoms with Crippen molar-refractivity contribution in [2.45, 2.75) is 45.8 Å². The molecule has 1 aliphatic rings. The molecule has 0 bridgehead atoms. The molecule has 0 aromatic heterocycles. The fraction of sp³-hybridized carbons (Fsp3) is 0.409. The third-order valence-electron chi connectivity index (χ3n) is 5.08. The summed E-state index contributed by atoms with van der Waals surface area (Å²) < 4.78 is 6.00. The van der Waals surface area contributed by atoms with E-state index in [2.05, 4.69) is 60.3 Å². The van der Waals surface area contributed by atoms with E-state index in [0.717, 1.165) is 16.6 Å². The summed E-state index contributed by atoms with van der Waals surface area (Å²) in [5.41, 5.74) is 3.40. The molecule has 3 atom stereocenters. The van der Waals surface area contributed by atoms with Gasteiger partial charge in [-0.1, -0.05) is 51.1 Å². The summed E-state index contributed by atoms with van der Waals surface area (Å²) in [7, 11) is 2.71. The summed E-state index contributed by atoms with van der Waals surface area (Å²) in [6.45, 7) is 7.61. The molecule has 1 fully saturated rings. The van der Waals surface area contributed by atoms with Gasteiger partial charge in [-0.05, 0) is 46.5 Å². The number of carbonyl (C=O) groups is 1. The normalized spacial score (nSPS) is 20.2. The van der Waals surface area contributed by atoms with Crippen LogP contribution in [0.3, 0.4) is 0 Å². The molecular formula is C22H28NO2P. The number of rotatable bonds is 6. The molecule has 1 saturated heterocycles. The van der Waals surface area contributed by atoms with Crippen molar-refractivity contribution in [3.05, 3.63) is 59.7 Å². The number of ether oxygens (including phenoxy) is 1. The summed E-state index contributed by atoms with van der Waals surface area (Å²) in [6.07, 6.45) is 0.584. The van der Waals surface area contributed by atoms with Gasteiger partial charge in [0.15, 0.2) is 0 Å². The Kier molecular flexibility index (Phi) is 6.11. The Morgan fingerprint density at radius 2 is 1.96 bits per heavy atom. The fourth-order valence-electron chi connectivity index (χ4n) is 3.54. The molecule has 3 unspecified atom stereocenters. The molecule has 2 aromatic carbocycles. The molecule has 0 saturated carbocycles. The zero-order chi connectivity index (χ0) is 18.7. The van der Waals surface area contributed by atoms with Gasteiger partial charge in [0.25, 0.3) is 0 Å². The van der Waals surface area contributed by atoms with Crippen molar-refractivity contribution >= 4 is 26.1 Å². The van der Waals surface area contributed by atoms with Gasteiger partial charge in [0.1, 0.15) is 0 Å². The third-order valence-corrected chi connectivity index (χ3v) is 5.44. The maximum absolute atomic E-state index is 12.6. The topological polar surface area (TPSA) is 29.5 Å². The van der Waals surface area contributed by atoms with E-state index in [1.807, 2.05) is 23.1 Å². The molecule has 2 aromatic rings. The second kappa shape index (κ2) is 8.33. The van der Waals surface area contributed by atoms with Gasteiger partial charge >= 0.3 is 0 Å². The SMILES string of the molecule is CC(C)c1cccc(N2C(=O)CC(C)C2COCc2cccc(P)c2)c1. The minimum absolute atomic E-state index is 0.0871. The van der Waals surface area contributed by atoms with Crippen molar-refractivity contribution in [1.82, 2.24) is 0 Å². The predicted molar refractivity (Wildman–Crippen MR) is 111 cm³/mol. The zero-order valence-electron chi connectivity index (χ0n) is 15.8. The van der Waals surface area contributed by atoms with Crippen molar-refractivity contribution in [3.8, 4) is 0 Å². The van der Waals surface area contributed by atoms with Gasteiger partial charge in [0, 0.05) is 12.1 Å². The molecule has 1 heterocycles. The van der Waals surface area contributed by atoms with Crippen LogP contribution >= 0.6 is 9.24 Å². The number of nitrogens with zero attached hydrogens (tertiary/aromatic N) is 1. The number of benzene rings is 2. The molecule has 3 rings (SSSR count). The Bertz CT molecular complexity index is 774. The number of carbonyl (C=O) groups excluding carboxylic acids is 1. The van der Waals surface area contributed by atoms with Crippen LogP contribution in [-0.4, -0.2) is 18.6 Å². The monoisotopic (exact) mass is 369 g/mol. The Morgan fingerprint density at radius 1 is 1.19 bits per heavy atom. The van der Waals surface area contributed by atoms with Crippen molar-refractivity contribution < 1.29 is 9.53 Å². The van der Waals surface area contributed by atoms with Gasteiger partial charge in [-0.2, -0.15) is 0 Å². The lowest BCUT2D eigenvalue weighted by Crippen LogP contribution is -2.38. The van der Waals surface area contributed by atoms with Crippen LogP contribution in [0.25, 0.3) is 0 Å². The van der Waals surface area contributed by atoms with Crippen molar-refractivity contribution in [3.63, 3.8) is 0 Å². The van der Waals surface area contributed by atoms with Crippen LogP contribution < -0.4 is 10.2 Å². The molecule has 0 N–H and O–H groups in total. The highest BCUT2D eigenvalue weighted by atomic mass is 31.0. The van der Waals surface area contributed by atoms with E-state index in [9.17, 15) is 4.79 Å². The molecule has 1 amide bonds. The predicted octanol–water partition coefficient (Wildman–Crippen LogP) is 4.27. The molecule has 0 spiro atoms. The Hall–Kier alpha value is -1.70. The second-order valence-electron chi connectivity index (χ2n) is 7.52. The second-order valence-corrected chi connectivity index (χ2v) is 8.19. The molecule has 1 aliphatic heterocycles. The zero-order valence-corrected chi connectivity index (χ0v) is 17.0. The molecule has 0 radical (unpaired) electrons. The van der Waals surface area contributed by atoms with E-state index in [1.165, 1.54) is 5.56 Å². The Labute approximate surface area is 158 Å². The fourth-order valence-corrected chi connectivity index (χ4v) is 3.86. The maximum atomic E-state index is 12.6. The van der Waals surface area contributed by atoms with E-state index in [4.69, 9.17) is 4.74 Å². The average molecular weight is 369 g/mol. The largest absolute Gasteiger partial charge is 0.375 e. The first kappa shape index (κ1) is 19.1. The molecule has 26 heavy (non-hydrogen) atoms. The molecular weight excluding hydrogens is 341 g/mol. The lowest BCUT2D eigenvalue weighted by Gasteiger charge is -2.27. The first-order valence-corrected chi connectivity index (χ1v) is 9.87. The van der Waals surface area contributed by atoms with Crippen LogP contribution in [0, 0.1) is 5.92 Å². The van der Waals surface area contributed by atoms with E-state index < -0.39 is 0 Å². The highest BCUT2D eigenvalue weighted by Gasteiger charge is 2.38. The maximum Gasteiger partial charge on any atom is 0.227 e. The van der Waals surface area contributed by atoms with Gasteiger partial charge in [-0.3, -0.25) is 4.79 Å². The van der Waals surface area contributed by atoms with E-state index in [1.54, 1.807) is 0 Å². The quantitative estimate of drug-likeness (QED) is 0.712.